The maximum absolute atomic E-state index is 6.00. The smallest absolute Gasteiger partial charge is 0.125 e. The average molecular weight is 256 g/mol. The number of aryl methyl sites for hydroxylation is 1. The van der Waals surface area contributed by atoms with E-state index in [-0.39, 0.29) is 5.60 Å². The Balaban J connectivity index is 2.30. The van der Waals surface area contributed by atoms with Crippen molar-refractivity contribution in [2.24, 2.45) is 5.73 Å². The fraction of sp³-hybridized carbons (Fsp3) is 0.750. The highest BCUT2D eigenvalue weighted by molar-refractivity contribution is 7.11. The third kappa shape index (κ3) is 2.52. The maximum Gasteiger partial charge on any atom is 0.125 e. The summed E-state index contributed by atoms with van der Waals surface area (Å²) in [5, 5.41) is 1.07. The van der Waals surface area contributed by atoms with E-state index in [1.807, 2.05) is 13.8 Å². The van der Waals surface area contributed by atoms with E-state index in [2.05, 4.69) is 4.98 Å². The zero-order valence-electron chi connectivity index (χ0n) is 10.5. The number of nitrogens with two attached hydrogens (primary N) is 1. The third-order valence-corrected chi connectivity index (χ3v) is 4.55. The molecule has 4 nitrogen and oxygen atoms in total. The van der Waals surface area contributed by atoms with Gasteiger partial charge in [-0.15, -0.1) is 11.3 Å². The van der Waals surface area contributed by atoms with Crippen LogP contribution in [0.4, 0.5) is 0 Å². The standard InChI is InChI=1S/C12H20N2O2S/c1-3-16-12(4-6-15-7-5-12)11-14-9(2)10(8-13)17-11/h3-8,13H2,1-2H3. The van der Waals surface area contributed by atoms with Gasteiger partial charge in [0.2, 0.25) is 0 Å². The number of aromatic nitrogens is 1. The van der Waals surface area contributed by atoms with Crippen LogP contribution in [0.3, 0.4) is 0 Å². The summed E-state index contributed by atoms with van der Waals surface area (Å²) in [5.74, 6) is 0. The second kappa shape index (κ2) is 5.44. The Hall–Kier alpha value is -0.490. The predicted octanol–water partition coefficient (Wildman–Crippen LogP) is 1.95. The predicted molar refractivity (Wildman–Crippen MR) is 68.1 cm³/mol. The van der Waals surface area contributed by atoms with Crippen molar-refractivity contribution in [1.29, 1.82) is 0 Å². The second-order valence-corrected chi connectivity index (χ2v) is 5.36. The number of thiazole rings is 1. The molecule has 0 unspecified atom stereocenters. The van der Waals surface area contributed by atoms with Gasteiger partial charge in [-0.05, 0) is 13.8 Å². The average Bonchev–Trinajstić information content (AvgIpc) is 2.73. The van der Waals surface area contributed by atoms with E-state index in [1.165, 1.54) is 0 Å². The molecule has 1 aromatic rings. The van der Waals surface area contributed by atoms with Gasteiger partial charge in [0.05, 0.1) is 5.69 Å². The van der Waals surface area contributed by atoms with E-state index < -0.39 is 0 Å². The van der Waals surface area contributed by atoms with E-state index in [0.717, 1.165) is 41.6 Å². The third-order valence-electron chi connectivity index (χ3n) is 3.19. The van der Waals surface area contributed by atoms with Gasteiger partial charge in [0.1, 0.15) is 10.6 Å². The minimum absolute atomic E-state index is 0.240. The van der Waals surface area contributed by atoms with Crippen LogP contribution >= 0.6 is 11.3 Å². The van der Waals surface area contributed by atoms with Crippen LogP contribution in [0.25, 0.3) is 0 Å². The van der Waals surface area contributed by atoms with E-state index in [1.54, 1.807) is 11.3 Å². The lowest BCUT2D eigenvalue weighted by Crippen LogP contribution is -2.36. The molecule has 2 heterocycles. The molecule has 96 valence electrons. The fourth-order valence-corrected chi connectivity index (χ4v) is 3.35. The zero-order chi connectivity index (χ0) is 12.3. The first-order chi connectivity index (χ1) is 8.22. The van der Waals surface area contributed by atoms with Crippen molar-refractivity contribution in [3.8, 4) is 0 Å². The van der Waals surface area contributed by atoms with Crippen LogP contribution in [0, 0.1) is 6.92 Å². The van der Waals surface area contributed by atoms with Gasteiger partial charge in [-0.25, -0.2) is 4.98 Å². The monoisotopic (exact) mass is 256 g/mol. The van der Waals surface area contributed by atoms with Gasteiger partial charge in [0, 0.05) is 44.1 Å². The van der Waals surface area contributed by atoms with Gasteiger partial charge in [-0.3, -0.25) is 0 Å². The first-order valence-electron chi connectivity index (χ1n) is 6.10. The van der Waals surface area contributed by atoms with Crippen LogP contribution in [0.2, 0.25) is 0 Å². The van der Waals surface area contributed by atoms with E-state index in [4.69, 9.17) is 15.2 Å². The molecule has 1 aliphatic rings. The van der Waals surface area contributed by atoms with Crippen molar-refractivity contribution in [3.63, 3.8) is 0 Å². The molecule has 0 radical (unpaired) electrons. The van der Waals surface area contributed by atoms with Crippen molar-refractivity contribution < 1.29 is 9.47 Å². The minimum Gasteiger partial charge on any atom is -0.381 e. The Morgan fingerprint density at radius 3 is 2.71 bits per heavy atom. The first-order valence-corrected chi connectivity index (χ1v) is 6.92. The van der Waals surface area contributed by atoms with Crippen molar-refractivity contribution in [1.82, 2.24) is 4.98 Å². The Morgan fingerprint density at radius 1 is 1.47 bits per heavy atom. The summed E-state index contributed by atoms with van der Waals surface area (Å²) < 4.78 is 11.4. The molecule has 17 heavy (non-hydrogen) atoms. The lowest BCUT2D eigenvalue weighted by Gasteiger charge is -2.35. The number of nitrogens with zero attached hydrogens (tertiary/aromatic N) is 1. The van der Waals surface area contributed by atoms with Crippen molar-refractivity contribution >= 4 is 11.3 Å². The Kier molecular flexibility index (Phi) is 4.14. The van der Waals surface area contributed by atoms with E-state index >= 15 is 0 Å². The summed E-state index contributed by atoms with van der Waals surface area (Å²) in [7, 11) is 0. The molecule has 0 bridgehead atoms. The quantitative estimate of drug-likeness (QED) is 0.894. The lowest BCUT2D eigenvalue weighted by atomic mass is 9.95. The minimum atomic E-state index is -0.240. The van der Waals surface area contributed by atoms with Crippen LogP contribution in [-0.2, 0) is 21.6 Å². The summed E-state index contributed by atoms with van der Waals surface area (Å²) in [6.07, 6.45) is 1.77. The van der Waals surface area contributed by atoms with Gasteiger partial charge >= 0.3 is 0 Å². The summed E-state index contributed by atoms with van der Waals surface area (Å²) in [6.45, 7) is 6.80. The van der Waals surface area contributed by atoms with Crippen LogP contribution in [0.15, 0.2) is 0 Å². The highest BCUT2D eigenvalue weighted by atomic mass is 32.1. The van der Waals surface area contributed by atoms with E-state index in [0.29, 0.717) is 13.2 Å². The molecule has 1 aromatic heterocycles. The molecular formula is C12H20N2O2S. The van der Waals surface area contributed by atoms with Crippen LogP contribution in [0.1, 0.15) is 35.3 Å². The van der Waals surface area contributed by atoms with Crippen molar-refractivity contribution in [2.75, 3.05) is 19.8 Å². The SMILES string of the molecule is CCOC1(c2nc(C)c(CN)s2)CCOCC1. The number of hydrogen-bond donors (Lipinski definition) is 1. The molecule has 0 amide bonds. The largest absolute Gasteiger partial charge is 0.381 e. The number of ether oxygens (including phenoxy) is 2. The van der Waals surface area contributed by atoms with Gasteiger partial charge in [0.25, 0.3) is 0 Å². The summed E-state index contributed by atoms with van der Waals surface area (Å²) in [5.41, 5.74) is 6.52. The molecular weight excluding hydrogens is 236 g/mol. The Bertz CT molecular complexity index is 367. The normalized spacial score (nSPS) is 19.5. The molecule has 2 N–H and O–H groups in total. The Labute approximate surface area is 106 Å². The lowest BCUT2D eigenvalue weighted by molar-refractivity contribution is -0.112. The summed E-state index contributed by atoms with van der Waals surface area (Å²) in [6, 6.07) is 0. The van der Waals surface area contributed by atoms with Crippen molar-refractivity contribution in [3.05, 3.63) is 15.6 Å². The molecule has 1 fully saturated rings. The molecule has 2 rings (SSSR count). The first kappa shape index (κ1) is 13.0. The number of rotatable bonds is 4. The second-order valence-electron chi connectivity index (χ2n) is 4.27. The summed E-state index contributed by atoms with van der Waals surface area (Å²) >= 11 is 1.69. The van der Waals surface area contributed by atoms with Crippen LogP contribution < -0.4 is 5.73 Å². The Morgan fingerprint density at radius 2 is 2.18 bits per heavy atom. The molecule has 1 aliphatic heterocycles. The molecule has 0 aliphatic carbocycles. The molecule has 0 aromatic carbocycles. The summed E-state index contributed by atoms with van der Waals surface area (Å²) in [4.78, 5) is 5.81. The van der Waals surface area contributed by atoms with E-state index in [9.17, 15) is 0 Å². The van der Waals surface area contributed by atoms with Crippen LogP contribution in [-0.4, -0.2) is 24.8 Å². The molecule has 0 spiro atoms. The highest BCUT2D eigenvalue weighted by Crippen LogP contribution is 2.39. The van der Waals surface area contributed by atoms with Gasteiger partial charge in [-0.1, -0.05) is 0 Å². The van der Waals surface area contributed by atoms with Crippen molar-refractivity contribution in [2.45, 2.75) is 38.8 Å². The number of hydrogen-bond acceptors (Lipinski definition) is 5. The van der Waals surface area contributed by atoms with Gasteiger partial charge in [0.15, 0.2) is 0 Å². The van der Waals surface area contributed by atoms with Crippen LogP contribution in [0.5, 0.6) is 0 Å². The fourth-order valence-electron chi connectivity index (χ4n) is 2.21. The topological polar surface area (TPSA) is 57.4 Å². The molecule has 0 atom stereocenters. The molecule has 1 saturated heterocycles. The molecule has 5 heteroatoms. The van der Waals surface area contributed by atoms with Gasteiger partial charge < -0.3 is 15.2 Å². The highest BCUT2D eigenvalue weighted by Gasteiger charge is 2.38. The zero-order valence-corrected chi connectivity index (χ0v) is 11.3. The molecule has 0 saturated carbocycles. The maximum atomic E-state index is 6.00. The van der Waals surface area contributed by atoms with Gasteiger partial charge in [-0.2, -0.15) is 0 Å².